The van der Waals surface area contributed by atoms with Crippen molar-refractivity contribution >= 4 is 29.3 Å². The molecular formula is C24H29N5O2S. The minimum absolute atomic E-state index is 0.111. The number of rotatable bonds is 7. The lowest BCUT2D eigenvalue weighted by Gasteiger charge is -2.19. The van der Waals surface area contributed by atoms with Crippen molar-refractivity contribution < 1.29 is 9.53 Å². The van der Waals surface area contributed by atoms with E-state index in [1.165, 1.54) is 17.3 Å². The molecule has 0 aliphatic carbocycles. The molecule has 0 bridgehead atoms. The average molecular weight is 452 g/mol. The number of hydrogen-bond acceptors (Lipinski definition) is 6. The number of aromatic nitrogens is 3. The van der Waals surface area contributed by atoms with Crippen molar-refractivity contribution in [1.29, 1.82) is 0 Å². The summed E-state index contributed by atoms with van der Waals surface area (Å²) in [5, 5.41) is 12.3. The molecule has 1 aliphatic rings. The largest absolute Gasteiger partial charge is 0.495 e. The Kier molecular flexibility index (Phi) is 6.69. The SMILES string of the molecule is COc1ccc(C)cc1NC(=O)C(C)Sc1nnc(N2CCCC2)n1-c1ccc(C)cc1. The highest BCUT2D eigenvalue weighted by Crippen LogP contribution is 2.32. The normalized spacial score (nSPS) is 14.4. The molecule has 1 aliphatic heterocycles. The van der Waals surface area contributed by atoms with Gasteiger partial charge in [0.05, 0.1) is 23.7 Å². The molecule has 0 radical (unpaired) electrons. The van der Waals surface area contributed by atoms with Crippen LogP contribution in [0.4, 0.5) is 11.6 Å². The maximum Gasteiger partial charge on any atom is 0.237 e. The van der Waals surface area contributed by atoms with E-state index in [9.17, 15) is 4.79 Å². The van der Waals surface area contributed by atoms with Gasteiger partial charge >= 0.3 is 0 Å². The molecule has 1 fully saturated rings. The van der Waals surface area contributed by atoms with E-state index in [0.717, 1.165) is 43.1 Å². The Morgan fingerprint density at radius 1 is 1.06 bits per heavy atom. The number of benzene rings is 2. The third-order valence-corrected chi connectivity index (χ3v) is 6.60. The number of anilines is 2. The number of nitrogens with zero attached hydrogens (tertiary/aromatic N) is 4. The highest BCUT2D eigenvalue weighted by molar-refractivity contribution is 8.00. The molecule has 1 unspecified atom stereocenters. The van der Waals surface area contributed by atoms with E-state index in [2.05, 4.69) is 56.2 Å². The fourth-order valence-corrected chi connectivity index (χ4v) is 4.61. The topological polar surface area (TPSA) is 72.3 Å². The number of carbonyl (C=O) groups excluding carboxylic acids is 1. The Balaban J connectivity index is 1.59. The van der Waals surface area contributed by atoms with Gasteiger partial charge in [0.2, 0.25) is 11.9 Å². The zero-order valence-electron chi connectivity index (χ0n) is 19.0. The van der Waals surface area contributed by atoms with Crippen LogP contribution in [-0.2, 0) is 4.79 Å². The number of methoxy groups -OCH3 is 1. The van der Waals surface area contributed by atoms with Crippen LogP contribution in [0.3, 0.4) is 0 Å². The second kappa shape index (κ2) is 9.65. The minimum atomic E-state index is -0.375. The van der Waals surface area contributed by atoms with Gasteiger partial charge in [-0.2, -0.15) is 0 Å². The number of aryl methyl sites for hydroxylation is 2. The molecule has 3 aromatic rings. The summed E-state index contributed by atoms with van der Waals surface area (Å²) in [6, 6.07) is 14.0. The maximum absolute atomic E-state index is 13.0. The molecule has 2 heterocycles. The van der Waals surface area contributed by atoms with E-state index in [1.807, 2.05) is 32.0 Å². The van der Waals surface area contributed by atoms with Crippen molar-refractivity contribution in [3.8, 4) is 11.4 Å². The van der Waals surface area contributed by atoms with Gasteiger partial charge in [-0.1, -0.05) is 35.5 Å². The molecule has 1 N–H and O–H groups in total. The summed E-state index contributed by atoms with van der Waals surface area (Å²) in [5.41, 5.74) is 3.91. The Bertz CT molecular complexity index is 1090. The Morgan fingerprint density at radius 3 is 2.44 bits per heavy atom. The van der Waals surface area contributed by atoms with Gasteiger partial charge in [0.15, 0.2) is 5.16 Å². The Labute approximate surface area is 193 Å². The van der Waals surface area contributed by atoms with Crippen LogP contribution in [-0.4, -0.2) is 46.1 Å². The first-order chi connectivity index (χ1) is 15.5. The quantitative estimate of drug-likeness (QED) is 0.529. The van der Waals surface area contributed by atoms with Crippen molar-refractivity contribution in [1.82, 2.24) is 14.8 Å². The summed E-state index contributed by atoms with van der Waals surface area (Å²) in [5.74, 6) is 1.36. The van der Waals surface area contributed by atoms with E-state index >= 15 is 0 Å². The lowest BCUT2D eigenvalue weighted by atomic mass is 10.2. The summed E-state index contributed by atoms with van der Waals surface area (Å²) in [4.78, 5) is 15.3. The van der Waals surface area contributed by atoms with Crippen LogP contribution < -0.4 is 15.0 Å². The van der Waals surface area contributed by atoms with Gasteiger partial charge in [0, 0.05) is 13.1 Å². The molecular weight excluding hydrogens is 422 g/mol. The summed E-state index contributed by atoms with van der Waals surface area (Å²) >= 11 is 1.40. The molecule has 1 aromatic heterocycles. The smallest absolute Gasteiger partial charge is 0.237 e. The minimum Gasteiger partial charge on any atom is -0.495 e. The summed E-state index contributed by atoms with van der Waals surface area (Å²) in [7, 11) is 1.60. The first kappa shape index (κ1) is 22.2. The van der Waals surface area contributed by atoms with Gasteiger partial charge < -0.3 is 15.0 Å². The van der Waals surface area contributed by atoms with Crippen LogP contribution in [0.2, 0.25) is 0 Å². The van der Waals surface area contributed by atoms with Crippen LogP contribution in [0.5, 0.6) is 5.75 Å². The first-order valence-corrected chi connectivity index (χ1v) is 11.7. The molecule has 0 saturated carbocycles. The maximum atomic E-state index is 13.0. The van der Waals surface area contributed by atoms with Crippen LogP contribution >= 0.6 is 11.8 Å². The molecule has 32 heavy (non-hydrogen) atoms. The zero-order chi connectivity index (χ0) is 22.7. The number of amides is 1. The van der Waals surface area contributed by atoms with Gasteiger partial charge in [-0.15, -0.1) is 10.2 Å². The molecule has 1 amide bonds. The predicted molar refractivity (Wildman–Crippen MR) is 129 cm³/mol. The summed E-state index contributed by atoms with van der Waals surface area (Å²) < 4.78 is 7.45. The van der Waals surface area contributed by atoms with E-state index in [0.29, 0.717) is 16.6 Å². The van der Waals surface area contributed by atoms with E-state index in [-0.39, 0.29) is 11.2 Å². The number of carbonyl (C=O) groups is 1. The fourth-order valence-electron chi connectivity index (χ4n) is 3.75. The molecule has 168 valence electrons. The third-order valence-electron chi connectivity index (χ3n) is 5.56. The average Bonchev–Trinajstić information content (AvgIpc) is 3.44. The van der Waals surface area contributed by atoms with Gasteiger partial charge in [-0.25, -0.2) is 0 Å². The van der Waals surface area contributed by atoms with Crippen LogP contribution in [0.25, 0.3) is 5.69 Å². The number of ether oxygens (including phenoxy) is 1. The van der Waals surface area contributed by atoms with E-state index < -0.39 is 0 Å². The number of nitrogens with one attached hydrogen (secondary N) is 1. The van der Waals surface area contributed by atoms with Gasteiger partial charge in [-0.3, -0.25) is 9.36 Å². The van der Waals surface area contributed by atoms with E-state index in [1.54, 1.807) is 7.11 Å². The number of hydrogen-bond donors (Lipinski definition) is 1. The molecule has 4 rings (SSSR count). The van der Waals surface area contributed by atoms with Gasteiger partial charge in [0.1, 0.15) is 5.75 Å². The van der Waals surface area contributed by atoms with Crippen LogP contribution in [0, 0.1) is 13.8 Å². The summed E-state index contributed by atoms with van der Waals surface area (Å²) in [6.07, 6.45) is 2.31. The van der Waals surface area contributed by atoms with Crippen molar-refractivity contribution in [2.75, 3.05) is 30.4 Å². The second-order valence-corrected chi connectivity index (χ2v) is 9.41. The number of thioether (sulfide) groups is 1. The molecule has 1 atom stereocenters. The highest BCUT2D eigenvalue weighted by atomic mass is 32.2. The molecule has 7 nitrogen and oxygen atoms in total. The highest BCUT2D eigenvalue weighted by Gasteiger charge is 2.25. The van der Waals surface area contributed by atoms with E-state index in [4.69, 9.17) is 4.74 Å². The van der Waals surface area contributed by atoms with Gasteiger partial charge in [0.25, 0.3) is 0 Å². The molecule has 8 heteroatoms. The Morgan fingerprint density at radius 2 is 1.75 bits per heavy atom. The van der Waals surface area contributed by atoms with Crippen molar-refractivity contribution in [3.63, 3.8) is 0 Å². The predicted octanol–water partition coefficient (Wildman–Crippen LogP) is 4.61. The van der Waals surface area contributed by atoms with Gasteiger partial charge in [-0.05, 0) is 63.4 Å². The van der Waals surface area contributed by atoms with Crippen LogP contribution in [0.1, 0.15) is 30.9 Å². The second-order valence-electron chi connectivity index (χ2n) is 8.10. The first-order valence-electron chi connectivity index (χ1n) is 10.9. The lowest BCUT2D eigenvalue weighted by Crippen LogP contribution is -2.24. The third kappa shape index (κ3) is 4.75. The summed E-state index contributed by atoms with van der Waals surface area (Å²) in [6.45, 7) is 7.87. The van der Waals surface area contributed by atoms with Crippen molar-refractivity contribution in [2.24, 2.45) is 0 Å². The standard InChI is InChI=1S/C24H29N5O2S/c1-16-7-10-19(11-8-16)29-23(28-13-5-6-14-28)26-27-24(29)32-18(3)22(30)25-20-15-17(2)9-12-21(20)31-4/h7-12,15,18H,5-6,13-14H2,1-4H3,(H,25,30). The lowest BCUT2D eigenvalue weighted by molar-refractivity contribution is -0.115. The zero-order valence-corrected chi connectivity index (χ0v) is 19.8. The Hall–Kier alpha value is -3.00. The molecule has 2 aromatic carbocycles. The molecule has 0 spiro atoms. The monoisotopic (exact) mass is 451 g/mol. The molecule has 1 saturated heterocycles. The van der Waals surface area contributed by atoms with Crippen molar-refractivity contribution in [3.05, 3.63) is 53.6 Å². The fraction of sp³-hybridized carbons (Fsp3) is 0.375. The van der Waals surface area contributed by atoms with Crippen molar-refractivity contribution in [2.45, 2.75) is 44.0 Å². The van der Waals surface area contributed by atoms with Crippen LogP contribution in [0.15, 0.2) is 47.6 Å².